The lowest BCUT2D eigenvalue weighted by molar-refractivity contribution is 0.230. The highest BCUT2D eigenvalue weighted by atomic mass is 16.5. The second-order valence-corrected chi connectivity index (χ2v) is 4.87. The lowest BCUT2D eigenvalue weighted by atomic mass is 10.1. The summed E-state index contributed by atoms with van der Waals surface area (Å²) in [6.45, 7) is 7.19. The van der Waals surface area contributed by atoms with Gasteiger partial charge in [0.05, 0.1) is 6.10 Å². The van der Waals surface area contributed by atoms with Gasteiger partial charge in [-0.15, -0.1) is 0 Å². The number of piperazine rings is 1. The highest BCUT2D eigenvalue weighted by Crippen LogP contribution is 2.18. The Morgan fingerprint density at radius 1 is 1.47 bits per heavy atom. The van der Waals surface area contributed by atoms with Gasteiger partial charge >= 0.3 is 0 Å². The molecule has 0 aliphatic carbocycles. The Kier molecular flexibility index (Phi) is 3.97. The van der Waals surface area contributed by atoms with Crippen molar-refractivity contribution in [3.8, 4) is 5.88 Å². The SMILES string of the molecule is CC(C)Oc1ccc(C2CN(C)CCN2)cn1. The lowest BCUT2D eigenvalue weighted by Gasteiger charge is -2.31. The van der Waals surface area contributed by atoms with Crippen molar-refractivity contribution in [2.24, 2.45) is 0 Å². The molecule has 0 saturated carbocycles. The Morgan fingerprint density at radius 2 is 2.29 bits per heavy atom. The second-order valence-electron chi connectivity index (χ2n) is 4.87. The Balaban J connectivity index is 2.01. The number of rotatable bonds is 3. The molecule has 0 aromatic carbocycles. The zero-order chi connectivity index (χ0) is 12.3. The summed E-state index contributed by atoms with van der Waals surface area (Å²) in [4.78, 5) is 6.67. The molecule has 0 amide bonds. The molecule has 17 heavy (non-hydrogen) atoms. The fourth-order valence-electron chi connectivity index (χ4n) is 2.03. The van der Waals surface area contributed by atoms with Crippen LogP contribution in [0.5, 0.6) is 5.88 Å². The number of aromatic nitrogens is 1. The van der Waals surface area contributed by atoms with Crippen molar-refractivity contribution >= 4 is 0 Å². The van der Waals surface area contributed by atoms with Gasteiger partial charge in [0.2, 0.25) is 5.88 Å². The zero-order valence-corrected chi connectivity index (χ0v) is 10.8. The molecule has 2 rings (SSSR count). The number of pyridine rings is 1. The van der Waals surface area contributed by atoms with Crippen LogP contribution in [0.25, 0.3) is 0 Å². The smallest absolute Gasteiger partial charge is 0.213 e. The summed E-state index contributed by atoms with van der Waals surface area (Å²) < 4.78 is 5.54. The molecular weight excluding hydrogens is 214 g/mol. The third-order valence-electron chi connectivity index (χ3n) is 2.90. The first-order chi connectivity index (χ1) is 8.15. The largest absolute Gasteiger partial charge is 0.475 e. The van der Waals surface area contributed by atoms with Crippen LogP contribution < -0.4 is 10.1 Å². The average Bonchev–Trinajstić information content (AvgIpc) is 2.29. The molecule has 4 heteroatoms. The number of ether oxygens (including phenoxy) is 1. The summed E-state index contributed by atoms with van der Waals surface area (Å²) in [6, 6.07) is 4.43. The predicted octanol–water partition coefficient (Wildman–Crippen LogP) is 1.44. The molecule has 1 aromatic rings. The minimum atomic E-state index is 0.173. The van der Waals surface area contributed by atoms with Crippen LogP contribution in [0.15, 0.2) is 18.3 Å². The van der Waals surface area contributed by atoms with Gasteiger partial charge in [-0.1, -0.05) is 6.07 Å². The van der Waals surface area contributed by atoms with Crippen molar-refractivity contribution in [3.05, 3.63) is 23.9 Å². The number of hydrogen-bond donors (Lipinski definition) is 1. The molecule has 4 nitrogen and oxygen atoms in total. The maximum Gasteiger partial charge on any atom is 0.213 e. The van der Waals surface area contributed by atoms with Gasteiger partial charge in [0, 0.05) is 37.9 Å². The minimum absolute atomic E-state index is 0.173. The van der Waals surface area contributed by atoms with E-state index >= 15 is 0 Å². The second kappa shape index (κ2) is 5.47. The molecule has 1 saturated heterocycles. The fourth-order valence-corrected chi connectivity index (χ4v) is 2.03. The van der Waals surface area contributed by atoms with E-state index < -0.39 is 0 Å². The van der Waals surface area contributed by atoms with E-state index in [2.05, 4.69) is 28.3 Å². The quantitative estimate of drug-likeness (QED) is 0.860. The molecule has 94 valence electrons. The highest BCUT2D eigenvalue weighted by Gasteiger charge is 2.18. The predicted molar refractivity (Wildman–Crippen MR) is 68.2 cm³/mol. The van der Waals surface area contributed by atoms with E-state index in [1.165, 1.54) is 5.56 Å². The number of likely N-dealkylation sites (N-methyl/N-ethyl adjacent to an activating group) is 1. The molecule has 1 aromatic heterocycles. The fraction of sp³-hybridized carbons (Fsp3) is 0.615. The summed E-state index contributed by atoms with van der Waals surface area (Å²) in [6.07, 6.45) is 2.08. The van der Waals surface area contributed by atoms with E-state index in [4.69, 9.17) is 4.74 Å². The normalized spacial score (nSPS) is 21.8. The summed E-state index contributed by atoms with van der Waals surface area (Å²) in [7, 11) is 2.15. The Hall–Kier alpha value is -1.13. The minimum Gasteiger partial charge on any atom is -0.475 e. The molecular formula is C13H21N3O. The third-order valence-corrected chi connectivity index (χ3v) is 2.90. The number of nitrogens with zero attached hydrogens (tertiary/aromatic N) is 2. The standard InChI is InChI=1S/C13H21N3O/c1-10(2)17-13-5-4-11(8-15-13)12-9-16(3)7-6-14-12/h4-5,8,10,12,14H,6-7,9H2,1-3H3. The van der Waals surface area contributed by atoms with Crippen LogP contribution in [-0.2, 0) is 0 Å². The maximum atomic E-state index is 5.54. The van der Waals surface area contributed by atoms with E-state index in [-0.39, 0.29) is 6.10 Å². The van der Waals surface area contributed by atoms with Crippen LogP contribution in [0, 0.1) is 0 Å². The van der Waals surface area contributed by atoms with Gasteiger partial charge in [0.15, 0.2) is 0 Å². The average molecular weight is 235 g/mol. The molecule has 0 bridgehead atoms. The molecule has 1 N–H and O–H groups in total. The number of nitrogens with one attached hydrogen (secondary N) is 1. The van der Waals surface area contributed by atoms with E-state index in [1.807, 2.05) is 26.1 Å². The highest BCUT2D eigenvalue weighted by molar-refractivity contribution is 5.21. The monoisotopic (exact) mass is 235 g/mol. The summed E-state index contributed by atoms with van der Waals surface area (Å²) in [5.74, 6) is 0.702. The summed E-state index contributed by atoms with van der Waals surface area (Å²) in [5, 5.41) is 3.50. The molecule has 1 aliphatic rings. The third kappa shape index (κ3) is 3.41. The van der Waals surface area contributed by atoms with Crippen molar-refractivity contribution in [2.45, 2.75) is 26.0 Å². The molecule has 1 unspecified atom stereocenters. The Labute approximate surface area is 103 Å². The summed E-state index contributed by atoms with van der Waals surface area (Å²) >= 11 is 0. The number of hydrogen-bond acceptors (Lipinski definition) is 4. The summed E-state index contributed by atoms with van der Waals surface area (Å²) in [5.41, 5.74) is 1.23. The Bertz CT molecular complexity index is 350. The van der Waals surface area contributed by atoms with Gasteiger partial charge in [-0.2, -0.15) is 0 Å². The van der Waals surface area contributed by atoms with Gasteiger partial charge in [-0.25, -0.2) is 4.98 Å². The first kappa shape index (κ1) is 12.3. The van der Waals surface area contributed by atoms with Gasteiger partial charge in [0.25, 0.3) is 0 Å². The van der Waals surface area contributed by atoms with Gasteiger partial charge in [-0.05, 0) is 26.5 Å². The van der Waals surface area contributed by atoms with Crippen molar-refractivity contribution in [3.63, 3.8) is 0 Å². The zero-order valence-electron chi connectivity index (χ0n) is 10.8. The maximum absolute atomic E-state index is 5.54. The van der Waals surface area contributed by atoms with E-state index in [9.17, 15) is 0 Å². The first-order valence-corrected chi connectivity index (χ1v) is 6.19. The van der Waals surface area contributed by atoms with Crippen LogP contribution in [0.3, 0.4) is 0 Å². The Morgan fingerprint density at radius 3 is 2.88 bits per heavy atom. The van der Waals surface area contributed by atoms with Gasteiger partial charge in [-0.3, -0.25) is 0 Å². The molecule has 1 aliphatic heterocycles. The van der Waals surface area contributed by atoms with Crippen molar-refractivity contribution < 1.29 is 4.74 Å². The molecule has 0 spiro atoms. The molecule has 1 atom stereocenters. The van der Waals surface area contributed by atoms with E-state index in [0.717, 1.165) is 19.6 Å². The van der Waals surface area contributed by atoms with Crippen LogP contribution in [0.2, 0.25) is 0 Å². The molecule has 0 radical (unpaired) electrons. The van der Waals surface area contributed by atoms with E-state index in [1.54, 1.807) is 0 Å². The van der Waals surface area contributed by atoms with E-state index in [0.29, 0.717) is 11.9 Å². The topological polar surface area (TPSA) is 37.4 Å². The van der Waals surface area contributed by atoms with Crippen molar-refractivity contribution in [1.82, 2.24) is 15.2 Å². The molecule has 1 fully saturated rings. The lowest BCUT2D eigenvalue weighted by Crippen LogP contribution is -2.43. The van der Waals surface area contributed by atoms with Crippen molar-refractivity contribution in [2.75, 3.05) is 26.7 Å². The van der Waals surface area contributed by atoms with Crippen LogP contribution >= 0.6 is 0 Å². The van der Waals surface area contributed by atoms with Crippen molar-refractivity contribution in [1.29, 1.82) is 0 Å². The van der Waals surface area contributed by atoms with Crippen LogP contribution in [0.4, 0.5) is 0 Å². The van der Waals surface area contributed by atoms with Crippen LogP contribution in [0.1, 0.15) is 25.5 Å². The van der Waals surface area contributed by atoms with Gasteiger partial charge in [0.1, 0.15) is 0 Å². The first-order valence-electron chi connectivity index (χ1n) is 6.19. The molecule has 2 heterocycles. The van der Waals surface area contributed by atoms with Crippen LogP contribution in [-0.4, -0.2) is 42.7 Å². The van der Waals surface area contributed by atoms with Gasteiger partial charge < -0.3 is 15.0 Å².